The van der Waals surface area contributed by atoms with Crippen LogP contribution in [0.2, 0.25) is 5.15 Å². The second-order valence-electron chi connectivity index (χ2n) is 4.63. The minimum absolute atomic E-state index is 0.226. The summed E-state index contributed by atoms with van der Waals surface area (Å²) in [6.07, 6.45) is 0.816. The Kier molecular flexibility index (Phi) is 2.82. The third kappa shape index (κ3) is 1.92. The van der Waals surface area contributed by atoms with Crippen LogP contribution in [0.5, 0.6) is 5.75 Å². The van der Waals surface area contributed by atoms with Crippen molar-refractivity contribution < 1.29 is 4.74 Å². The van der Waals surface area contributed by atoms with Crippen LogP contribution in [0.25, 0.3) is 11.3 Å². The number of hydrogen-bond acceptors (Lipinski definition) is 3. The average Bonchev–Trinajstić information content (AvgIpc) is 2.37. The van der Waals surface area contributed by atoms with Crippen molar-refractivity contribution in [1.82, 2.24) is 9.55 Å². The van der Waals surface area contributed by atoms with Crippen molar-refractivity contribution in [2.24, 2.45) is 0 Å². The summed E-state index contributed by atoms with van der Waals surface area (Å²) in [5.41, 5.74) is 3.81. The summed E-state index contributed by atoms with van der Waals surface area (Å²) in [5, 5.41) is 0.226. The summed E-state index contributed by atoms with van der Waals surface area (Å²) in [4.78, 5) is 15.6. The van der Waals surface area contributed by atoms with E-state index >= 15 is 0 Å². The van der Waals surface area contributed by atoms with Crippen LogP contribution in [0.4, 0.5) is 0 Å². The number of aryl methyl sites for hydroxylation is 2. The molecule has 0 saturated heterocycles. The van der Waals surface area contributed by atoms with Crippen molar-refractivity contribution >= 4 is 11.6 Å². The molecular formula is C14H13ClN2O2. The summed E-state index contributed by atoms with van der Waals surface area (Å²) in [7, 11) is 1.64. The standard InChI is InChI=1S/C14H13ClN2O2/c1-8-5-9-3-4-17-11(7-13(15)16-14(17)18)10(9)6-12(8)19-2/h5-7H,3-4H2,1-2H3. The van der Waals surface area contributed by atoms with Gasteiger partial charge in [0.25, 0.3) is 0 Å². The number of benzene rings is 1. The first-order valence-corrected chi connectivity index (χ1v) is 6.43. The Bertz CT molecular complexity index is 722. The second kappa shape index (κ2) is 4.38. The van der Waals surface area contributed by atoms with Gasteiger partial charge in [0.15, 0.2) is 0 Å². The molecule has 0 amide bonds. The van der Waals surface area contributed by atoms with Crippen molar-refractivity contribution in [2.45, 2.75) is 19.9 Å². The largest absolute Gasteiger partial charge is 0.496 e. The van der Waals surface area contributed by atoms with E-state index in [0.29, 0.717) is 6.54 Å². The molecule has 0 spiro atoms. The number of rotatable bonds is 1. The molecule has 0 radical (unpaired) electrons. The minimum atomic E-state index is -0.298. The Morgan fingerprint density at radius 3 is 2.89 bits per heavy atom. The Balaban J connectivity index is 2.31. The topological polar surface area (TPSA) is 44.1 Å². The molecular weight excluding hydrogens is 264 g/mol. The van der Waals surface area contributed by atoms with Crippen molar-refractivity contribution in [2.75, 3.05) is 7.11 Å². The van der Waals surface area contributed by atoms with Crippen LogP contribution in [0.3, 0.4) is 0 Å². The SMILES string of the molecule is COc1cc2c(cc1C)CCn1c-2cc(Cl)nc1=O. The number of hydrogen-bond donors (Lipinski definition) is 0. The third-order valence-corrected chi connectivity index (χ3v) is 3.67. The van der Waals surface area contributed by atoms with E-state index in [0.717, 1.165) is 29.0 Å². The molecule has 2 aromatic rings. The first-order chi connectivity index (χ1) is 9.10. The Hall–Kier alpha value is -1.81. The maximum atomic E-state index is 11.9. The molecule has 0 bridgehead atoms. The molecule has 4 nitrogen and oxygen atoms in total. The smallest absolute Gasteiger partial charge is 0.349 e. The molecule has 0 N–H and O–H groups in total. The number of methoxy groups -OCH3 is 1. The van der Waals surface area contributed by atoms with Gasteiger partial charge in [-0.2, -0.15) is 4.98 Å². The van der Waals surface area contributed by atoms with Gasteiger partial charge in [-0.1, -0.05) is 17.7 Å². The lowest BCUT2D eigenvalue weighted by atomic mass is 9.95. The lowest BCUT2D eigenvalue weighted by molar-refractivity contribution is 0.411. The van der Waals surface area contributed by atoms with E-state index < -0.39 is 0 Å². The Morgan fingerprint density at radius 2 is 2.16 bits per heavy atom. The predicted molar refractivity (Wildman–Crippen MR) is 73.9 cm³/mol. The molecule has 3 rings (SSSR count). The summed E-state index contributed by atoms with van der Waals surface area (Å²) >= 11 is 5.90. The fourth-order valence-electron chi connectivity index (χ4n) is 2.56. The number of fused-ring (bicyclic) bond motifs is 3. The molecule has 5 heteroatoms. The van der Waals surface area contributed by atoms with Gasteiger partial charge < -0.3 is 4.74 Å². The molecule has 0 fully saturated rings. The van der Waals surface area contributed by atoms with Crippen molar-refractivity contribution in [3.05, 3.63) is 45.0 Å². The lowest BCUT2D eigenvalue weighted by Crippen LogP contribution is -2.28. The molecule has 1 aliphatic rings. The summed E-state index contributed by atoms with van der Waals surface area (Å²) in [5.74, 6) is 0.813. The maximum absolute atomic E-state index is 11.9. The van der Waals surface area contributed by atoms with E-state index in [1.165, 1.54) is 5.56 Å². The van der Waals surface area contributed by atoms with Crippen molar-refractivity contribution in [3.8, 4) is 17.0 Å². The number of aromatic nitrogens is 2. The number of nitrogens with zero attached hydrogens (tertiary/aromatic N) is 2. The van der Waals surface area contributed by atoms with Gasteiger partial charge in [0.2, 0.25) is 0 Å². The Labute approximate surface area is 115 Å². The molecule has 1 aromatic heterocycles. The average molecular weight is 277 g/mol. The van der Waals surface area contributed by atoms with Gasteiger partial charge in [0, 0.05) is 18.2 Å². The summed E-state index contributed by atoms with van der Waals surface area (Å²) in [6, 6.07) is 5.80. The van der Waals surface area contributed by atoms with Gasteiger partial charge in [-0.15, -0.1) is 0 Å². The van der Waals surface area contributed by atoms with Gasteiger partial charge in [0.1, 0.15) is 10.9 Å². The predicted octanol–water partition coefficient (Wildman–Crippen LogP) is 2.44. The van der Waals surface area contributed by atoms with E-state index in [1.54, 1.807) is 17.7 Å². The fourth-order valence-corrected chi connectivity index (χ4v) is 2.74. The van der Waals surface area contributed by atoms with E-state index in [-0.39, 0.29) is 10.8 Å². The normalized spacial score (nSPS) is 12.8. The zero-order valence-corrected chi connectivity index (χ0v) is 11.5. The molecule has 0 atom stereocenters. The van der Waals surface area contributed by atoms with Gasteiger partial charge in [-0.25, -0.2) is 4.79 Å². The zero-order chi connectivity index (χ0) is 13.6. The van der Waals surface area contributed by atoms with Crippen molar-refractivity contribution in [3.63, 3.8) is 0 Å². The molecule has 0 aliphatic carbocycles. The van der Waals surface area contributed by atoms with Crippen LogP contribution in [-0.2, 0) is 13.0 Å². The number of ether oxygens (including phenoxy) is 1. The van der Waals surface area contributed by atoms with Crippen LogP contribution in [0.15, 0.2) is 23.0 Å². The quantitative estimate of drug-likeness (QED) is 0.752. The highest BCUT2D eigenvalue weighted by Crippen LogP contribution is 2.34. The highest BCUT2D eigenvalue weighted by Gasteiger charge is 2.19. The molecule has 1 aromatic carbocycles. The van der Waals surface area contributed by atoms with E-state index in [9.17, 15) is 4.79 Å². The van der Waals surface area contributed by atoms with E-state index in [1.807, 2.05) is 13.0 Å². The van der Waals surface area contributed by atoms with Gasteiger partial charge in [-0.3, -0.25) is 4.57 Å². The molecule has 98 valence electrons. The summed E-state index contributed by atoms with van der Waals surface area (Å²) in [6.45, 7) is 2.65. The third-order valence-electron chi connectivity index (χ3n) is 3.48. The van der Waals surface area contributed by atoms with Gasteiger partial charge in [0.05, 0.1) is 12.8 Å². The van der Waals surface area contributed by atoms with Crippen LogP contribution in [-0.4, -0.2) is 16.7 Å². The minimum Gasteiger partial charge on any atom is -0.496 e. The maximum Gasteiger partial charge on any atom is 0.349 e. The molecule has 0 saturated carbocycles. The van der Waals surface area contributed by atoms with Crippen molar-refractivity contribution in [1.29, 1.82) is 0 Å². The van der Waals surface area contributed by atoms with Gasteiger partial charge in [-0.05, 0) is 30.5 Å². The first kappa shape index (κ1) is 12.2. The number of halogens is 1. The lowest BCUT2D eigenvalue weighted by Gasteiger charge is -2.22. The van der Waals surface area contributed by atoms with Crippen LogP contribution in [0.1, 0.15) is 11.1 Å². The van der Waals surface area contributed by atoms with E-state index in [4.69, 9.17) is 16.3 Å². The zero-order valence-electron chi connectivity index (χ0n) is 10.7. The monoisotopic (exact) mass is 276 g/mol. The molecule has 2 heterocycles. The van der Waals surface area contributed by atoms with Crippen LogP contribution >= 0.6 is 11.6 Å². The highest BCUT2D eigenvalue weighted by molar-refractivity contribution is 6.29. The summed E-state index contributed by atoms with van der Waals surface area (Å²) < 4.78 is 7.01. The fraction of sp³-hybridized carbons (Fsp3) is 0.286. The second-order valence-corrected chi connectivity index (χ2v) is 5.01. The van der Waals surface area contributed by atoms with Gasteiger partial charge >= 0.3 is 5.69 Å². The Morgan fingerprint density at radius 1 is 1.37 bits per heavy atom. The van der Waals surface area contributed by atoms with Crippen LogP contribution in [0, 0.1) is 6.92 Å². The first-order valence-electron chi connectivity index (χ1n) is 6.05. The molecule has 1 aliphatic heterocycles. The highest BCUT2D eigenvalue weighted by atomic mass is 35.5. The molecule has 19 heavy (non-hydrogen) atoms. The van der Waals surface area contributed by atoms with Crippen LogP contribution < -0.4 is 10.4 Å². The van der Waals surface area contributed by atoms with E-state index in [2.05, 4.69) is 11.1 Å². The molecule has 0 unspecified atom stereocenters.